The molecule has 0 spiro atoms. The van der Waals surface area contributed by atoms with Crippen LogP contribution in [0.3, 0.4) is 0 Å². The van der Waals surface area contributed by atoms with E-state index in [1.165, 1.54) is 0 Å². The molecule has 3 nitrogen and oxygen atoms in total. The van der Waals surface area contributed by atoms with E-state index in [9.17, 15) is 5.26 Å². The fourth-order valence-electron chi connectivity index (χ4n) is 2.43. The van der Waals surface area contributed by atoms with Crippen LogP contribution < -0.4 is 4.74 Å². The maximum absolute atomic E-state index is 9.51. The highest BCUT2D eigenvalue weighted by atomic mass is 16.5. The Kier molecular flexibility index (Phi) is 2.56. The molecule has 0 saturated heterocycles. The van der Waals surface area contributed by atoms with Gasteiger partial charge >= 0.3 is 0 Å². The molecule has 1 aromatic heterocycles. The van der Waals surface area contributed by atoms with Crippen molar-refractivity contribution in [2.75, 3.05) is 6.61 Å². The Balaban J connectivity index is 1.89. The quantitative estimate of drug-likeness (QED) is 0.809. The van der Waals surface area contributed by atoms with Gasteiger partial charge in [0, 0.05) is 0 Å². The van der Waals surface area contributed by atoms with Crippen molar-refractivity contribution in [3.05, 3.63) is 54.0 Å². The molecule has 0 N–H and O–H groups in total. The number of benzene rings is 1. The minimum Gasteiger partial charge on any atom is -0.492 e. The first-order valence-electron chi connectivity index (χ1n) is 5.94. The highest BCUT2D eigenvalue weighted by molar-refractivity contribution is 5.38. The number of nitrogens with zero attached hydrogens (tertiary/aromatic N) is 1. The van der Waals surface area contributed by atoms with E-state index in [0.29, 0.717) is 13.0 Å². The Morgan fingerprint density at radius 3 is 2.94 bits per heavy atom. The maximum Gasteiger partial charge on any atom is 0.122 e. The molecule has 2 heterocycles. The number of fused-ring (bicyclic) bond motifs is 1. The molecule has 3 heteroatoms. The van der Waals surface area contributed by atoms with Crippen LogP contribution in [0.15, 0.2) is 47.3 Å². The lowest BCUT2D eigenvalue weighted by atomic mass is 9.77. The lowest BCUT2D eigenvalue weighted by molar-refractivity contribution is 0.169. The molecular formula is C15H13NO2. The van der Waals surface area contributed by atoms with E-state index < -0.39 is 5.41 Å². The third kappa shape index (κ3) is 1.86. The normalized spacial score (nSPS) is 21.7. The zero-order valence-corrected chi connectivity index (χ0v) is 9.93. The molecule has 1 aliphatic rings. The lowest BCUT2D eigenvalue weighted by Gasteiger charge is -2.32. The van der Waals surface area contributed by atoms with E-state index >= 15 is 0 Å². The van der Waals surface area contributed by atoms with Gasteiger partial charge in [0.15, 0.2) is 0 Å². The van der Waals surface area contributed by atoms with Crippen molar-refractivity contribution >= 4 is 0 Å². The molecular weight excluding hydrogens is 226 g/mol. The molecule has 18 heavy (non-hydrogen) atoms. The molecule has 0 bridgehead atoms. The van der Waals surface area contributed by atoms with Gasteiger partial charge in [-0.25, -0.2) is 0 Å². The molecule has 0 amide bonds. The summed E-state index contributed by atoms with van der Waals surface area (Å²) in [5.74, 6) is 0.899. The SMILES string of the molecule is N#CC1(Cc2ccoc2)COc2ccccc2C1. The van der Waals surface area contributed by atoms with E-state index in [1.807, 2.05) is 30.3 Å². The predicted molar refractivity (Wildman–Crippen MR) is 66.1 cm³/mol. The standard InChI is InChI=1S/C15H13NO2/c16-10-15(7-12-5-6-17-9-12)8-13-3-1-2-4-14(13)18-11-15/h1-6,9H,7-8,11H2. The smallest absolute Gasteiger partial charge is 0.122 e. The summed E-state index contributed by atoms with van der Waals surface area (Å²) in [6.07, 6.45) is 4.72. The number of furan rings is 1. The summed E-state index contributed by atoms with van der Waals surface area (Å²) in [4.78, 5) is 0. The Hall–Kier alpha value is -2.21. The average Bonchev–Trinajstić information content (AvgIpc) is 2.91. The van der Waals surface area contributed by atoms with E-state index in [-0.39, 0.29) is 0 Å². The fraction of sp³-hybridized carbons (Fsp3) is 0.267. The Labute approximate surface area is 106 Å². The van der Waals surface area contributed by atoms with Crippen molar-refractivity contribution in [3.8, 4) is 11.8 Å². The molecule has 1 unspecified atom stereocenters. The number of hydrogen-bond donors (Lipinski definition) is 0. The van der Waals surface area contributed by atoms with Crippen LogP contribution in [0, 0.1) is 16.7 Å². The second-order valence-corrected chi connectivity index (χ2v) is 4.77. The minimum atomic E-state index is -0.488. The van der Waals surface area contributed by atoms with Crippen molar-refractivity contribution in [1.82, 2.24) is 0 Å². The molecule has 3 rings (SSSR count). The van der Waals surface area contributed by atoms with Gasteiger partial charge < -0.3 is 9.15 Å². The summed E-state index contributed by atoms with van der Waals surface area (Å²) < 4.78 is 10.8. The van der Waals surface area contributed by atoms with Crippen LogP contribution in [0.4, 0.5) is 0 Å². The number of ether oxygens (including phenoxy) is 1. The van der Waals surface area contributed by atoms with E-state index in [4.69, 9.17) is 9.15 Å². The van der Waals surface area contributed by atoms with Crippen molar-refractivity contribution < 1.29 is 9.15 Å². The molecule has 2 aromatic rings. The summed E-state index contributed by atoms with van der Waals surface area (Å²) in [5.41, 5.74) is 1.66. The van der Waals surface area contributed by atoms with Crippen molar-refractivity contribution in [2.24, 2.45) is 5.41 Å². The summed E-state index contributed by atoms with van der Waals surface area (Å²) >= 11 is 0. The first-order valence-corrected chi connectivity index (χ1v) is 5.94. The lowest BCUT2D eigenvalue weighted by Crippen LogP contribution is -2.35. The van der Waals surface area contributed by atoms with Crippen LogP contribution in [0.25, 0.3) is 0 Å². The zero-order chi connectivity index (χ0) is 12.4. The zero-order valence-electron chi connectivity index (χ0n) is 9.93. The number of rotatable bonds is 2. The summed E-state index contributed by atoms with van der Waals surface area (Å²) in [7, 11) is 0. The Bertz CT molecular complexity index is 583. The highest BCUT2D eigenvalue weighted by Gasteiger charge is 2.36. The van der Waals surface area contributed by atoms with Crippen molar-refractivity contribution in [1.29, 1.82) is 5.26 Å². The van der Waals surface area contributed by atoms with Gasteiger partial charge in [-0.1, -0.05) is 18.2 Å². The Morgan fingerprint density at radius 1 is 1.28 bits per heavy atom. The third-order valence-corrected chi connectivity index (χ3v) is 3.37. The van der Waals surface area contributed by atoms with Gasteiger partial charge in [-0.15, -0.1) is 0 Å². The van der Waals surface area contributed by atoms with E-state index in [0.717, 1.165) is 23.3 Å². The summed E-state index contributed by atoms with van der Waals surface area (Å²) in [6.45, 7) is 0.436. The van der Waals surface area contributed by atoms with Gasteiger partial charge in [0.25, 0.3) is 0 Å². The fourth-order valence-corrected chi connectivity index (χ4v) is 2.43. The van der Waals surface area contributed by atoms with Crippen molar-refractivity contribution in [2.45, 2.75) is 12.8 Å². The van der Waals surface area contributed by atoms with E-state index in [1.54, 1.807) is 12.5 Å². The molecule has 1 aromatic carbocycles. The average molecular weight is 239 g/mol. The molecule has 0 radical (unpaired) electrons. The van der Waals surface area contributed by atoms with Crippen LogP contribution >= 0.6 is 0 Å². The van der Waals surface area contributed by atoms with Crippen molar-refractivity contribution in [3.63, 3.8) is 0 Å². The summed E-state index contributed by atoms with van der Waals surface area (Å²) in [6, 6.07) is 12.2. The summed E-state index contributed by atoms with van der Waals surface area (Å²) in [5, 5.41) is 9.51. The predicted octanol–water partition coefficient (Wildman–Crippen LogP) is 2.97. The second-order valence-electron chi connectivity index (χ2n) is 4.77. The van der Waals surface area contributed by atoms with E-state index in [2.05, 4.69) is 6.07 Å². The monoisotopic (exact) mass is 239 g/mol. The van der Waals surface area contributed by atoms with Gasteiger partial charge in [0.05, 0.1) is 24.0 Å². The van der Waals surface area contributed by atoms with Gasteiger partial charge in [0.1, 0.15) is 12.4 Å². The van der Waals surface area contributed by atoms with Crippen LogP contribution in [0.2, 0.25) is 0 Å². The van der Waals surface area contributed by atoms with Gasteiger partial charge in [-0.2, -0.15) is 5.26 Å². The maximum atomic E-state index is 9.51. The number of para-hydroxylation sites is 1. The molecule has 1 atom stereocenters. The van der Waals surface area contributed by atoms with Gasteiger partial charge in [0.2, 0.25) is 0 Å². The second kappa shape index (κ2) is 4.23. The number of hydrogen-bond acceptors (Lipinski definition) is 3. The molecule has 0 fully saturated rings. The molecule has 90 valence electrons. The first kappa shape index (κ1) is 10.9. The topological polar surface area (TPSA) is 46.2 Å². The molecule has 0 aliphatic carbocycles. The first-order chi connectivity index (χ1) is 8.81. The third-order valence-electron chi connectivity index (χ3n) is 3.37. The molecule has 0 saturated carbocycles. The van der Waals surface area contributed by atoms with Crippen LogP contribution in [-0.4, -0.2) is 6.61 Å². The van der Waals surface area contributed by atoms with Crippen LogP contribution in [0.5, 0.6) is 5.75 Å². The minimum absolute atomic E-state index is 0.436. The highest BCUT2D eigenvalue weighted by Crippen LogP contribution is 2.36. The van der Waals surface area contributed by atoms with Crippen LogP contribution in [0.1, 0.15) is 11.1 Å². The number of nitriles is 1. The molecule has 1 aliphatic heterocycles. The Morgan fingerprint density at radius 2 is 2.17 bits per heavy atom. The van der Waals surface area contributed by atoms with Crippen LogP contribution in [-0.2, 0) is 12.8 Å². The largest absolute Gasteiger partial charge is 0.492 e. The van der Waals surface area contributed by atoms with Gasteiger partial charge in [-0.05, 0) is 36.1 Å². The van der Waals surface area contributed by atoms with Gasteiger partial charge in [-0.3, -0.25) is 0 Å².